The van der Waals surface area contributed by atoms with Crippen molar-refractivity contribution in [2.75, 3.05) is 7.11 Å². The predicted molar refractivity (Wildman–Crippen MR) is 58.8 cm³/mol. The van der Waals surface area contributed by atoms with Crippen LogP contribution in [0.5, 0.6) is 0 Å². The molecule has 1 N–H and O–H groups in total. The van der Waals surface area contributed by atoms with Crippen LogP contribution in [0.1, 0.15) is 5.69 Å². The molecule has 16 heavy (non-hydrogen) atoms. The van der Waals surface area contributed by atoms with E-state index < -0.39 is 0 Å². The summed E-state index contributed by atoms with van der Waals surface area (Å²) in [6.45, 7) is 0.317. The van der Waals surface area contributed by atoms with E-state index in [0.29, 0.717) is 18.1 Å². The van der Waals surface area contributed by atoms with Crippen LogP contribution in [0.2, 0.25) is 0 Å². The molecule has 0 saturated carbocycles. The lowest BCUT2D eigenvalue weighted by Crippen LogP contribution is -2.10. The highest BCUT2D eigenvalue weighted by Crippen LogP contribution is 2.11. The summed E-state index contributed by atoms with van der Waals surface area (Å²) in [5, 5.41) is 0. The van der Waals surface area contributed by atoms with Gasteiger partial charge in [0.2, 0.25) is 0 Å². The van der Waals surface area contributed by atoms with Crippen molar-refractivity contribution in [3.8, 4) is 11.4 Å². The van der Waals surface area contributed by atoms with E-state index in [9.17, 15) is 4.79 Å². The highest BCUT2D eigenvalue weighted by molar-refractivity contribution is 5.52. The van der Waals surface area contributed by atoms with Gasteiger partial charge in [0.15, 0.2) is 0 Å². The maximum absolute atomic E-state index is 11.4. The second kappa shape index (κ2) is 4.67. The van der Waals surface area contributed by atoms with Crippen LogP contribution in [0.25, 0.3) is 11.4 Å². The Morgan fingerprint density at radius 2 is 2.38 bits per heavy atom. The number of aromatic amines is 1. The van der Waals surface area contributed by atoms with E-state index in [2.05, 4.69) is 15.0 Å². The summed E-state index contributed by atoms with van der Waals surface area (Å²) in [6.07, 6.45) is 3.31. The fourth-order valence-corrected chi connectivity index (χ4v) is 1.37. The lowest BCUT2D eigenvalue weighted by atomic mass is 10.2. The molecule has 5 nitrogen and oxygen atoms in total. The first-order chi connectivity index (χ1) is 7.79. The molecule has 0 atom stereocenters. The second-order valence-corrected chi connectivity index (χ2v) is 3.26. The van der Waals surface area contributed by atoms with Crippen molar-refractivity contribution in [3.05, 3.63) is 46.6 Å². The third-order valence-electron chi connectivity index (χ3n) is 2.02. The molecule has 82 valence electrons. The number of pyridine rings is 1. The average molecular weight is 217 g/mol. The Hall–Kier alpha value is -2.01. The van der Waals surface area contributed by atoms with Crippen molar-refractivity contribution in [2.45, 2.75) is 6.61 Å². The SMILES string of the molecule is COCc1cc(=O)[nH]c(-c2cccnc2)n1. The Bertz CT molecular complexity index is 522. The number of nitrogens with zero attached hydrogens (tertiary/aromatic N) is 2. The van der Waals surface area contributed by atoms with Gasteiger partial charge in [0.05, 0.1) is 12.3 Å². The quantitative estimate of drug-likeness (QED) is 0.832. The van der Waals surface area contributed by atoms with Crippen molar-refractivity contribution in [1.29, 1.82) is 0 Å². The largest absolute Gasteiger partial charge is 0.378 e. The monoisotopic (exact) mass is 217 g/mol. The number of H-pyrrole nitrogens is 1. The van der Waals surface area contributed by atoms with E-state index >= 15 is 0 Å². The summed E-state index contributed by atoms with van der Waals surface area (Å²) in [4.78, 5) is 22.3. The molecule has 0 unspecified atom stereocenters. The summed E-state index contributed by atoms with van der Waals surface area (Å²) in [6, 6.07) is 5.05. The third kappa shape index (κ3) is 2.32. The Kier molecular flexibility index (Phi) is 3.07. The first-order valence-corrected chi connectivity index (χ1v) is 4.79. The lowest BCUT2D eigenvalue weighted by Gasteiger charge is -2.02. The fourth-order valence-electron chi connectivity index (χ4n) is 1.37. The first-order valence-electron chi connectivity index (χ1n) is 4.79. The normalized spacial score (nSPS) is 10.3. The third-order valence-corrected chi connectivity index (χ3v) is 2.02. The zero-order valence-electron chi connectivity index (χ0n) is 8.80. The molecular weight excluding hydrogens is 206 g/mol. The maximum atomic E-state index is 11.4. The minimum absolute atomic E-state index is 0.194. The van der Waals surface area contributed by atoms with Crippen LogP contribution in [0.4, 0.5) is 0 Å². The van der Waals surface area contributed by atoms with Gasteiger partial charge in [0.25, 0.3) is 5.56 Å². The fraction of sp³-hybridized carbons (Fsp3) is 0.182. The van der Waals surface area contributed by atoms with Crippen molar-refractivity contribution in [2.24, 2.45) is 0 Å². The van der Waals surface area contributed by atoms with E-state index in [1.54, 1.807) is 25.6 Å². The van der Waals surface area contributed by atoms with E-state index in [-0.39, 0.29) is 5.56 Å². The number of hydrogen-bond acceptors (Lipinski definition) is 4. The molecule has 0 spiro atoms. The lowest BCUT2D eigenvalue weighted by molar-refractivity contribution is 0.181. The molecule has 2 aromatic rings. The smallest absolute Gasteiger partial charge is 0.251 e. The molecule has 0 bridgehead atoms. The molecule has 0 aromatic carbocycles. The second-order valence-electron chi connectivity index (χ2n) is 3.26. The molecule has 0 aliphatic carbocycles. The van der Waals surface area contributed by atoms with Crippen molar-refractivity contribution in [3.63, 3.8) is 0 Å². The first kappa shape index (κ1) is 10.5. The van der Waals surface area contributed by atoms with Crippen LogP contribution in [0.3, 0.4) is 0 Å². The molecule has 2 rings (SSSR count). The van der Waals surface area contributed by atoms with Gasteiger partial charge in [-0.25, -0.2) is 4.98 Å². The van der Waals surface area contributed by atoms with Crippen LogP contribution in [-0.2, 0) is 11.3 Å². The summed E-state index contributed by atoms with van der Waals surface area (Å²) in [7, 11) is 1.56. The van der Waals surface area contributed by atoms with E-state index in [4.69, 9.17) is 4.74 Å². The molecular formula is C11H11N3O2. The van der Waals surface area contributed by atoms with E-state index in [0.717, 1.165) is 5.56 Å². The molecule has 5 heteroatoms. The van der Waals surface area contributed by atoms with Gasteiger partial charge in [-0.15, -0.1) is 0 Å². The Morgan fingerprint density at radius 1 is 1.50 bits per heavy atom. The van der Waals surface area contributed by atoms with Gasteiger partial charge in [0, 0.05) is 31.1 Å². The number of nitrogens with one attached hydrogen (secondary N) is 1. The zero-order valence-corrected chi connectivity index (χ0v) is 8.80. The van der Waals surface area contributed by atoms with Crippen molar-refractivity contribution < 1.29 is 4.74 Å². The summed E-state index contributed by atoms with van der Waals surface area (Å²) in [5.74, 6) is 0.507. The Balaban J connectivity index is 2.45. The van der Waals surface area contributed by atoms with Gasteiger partial charge in [-0.2, -0.15) is 0 Å². The molecule has 0 radical (unpaired) electrons. The highest BCUT2D eigenvalue weighted by atomic mass is 16.5. The molecule has 2 heterocycles. The van der Waals surface area contributed by atoms with Gasteiger partial charge < -0.3 is 9.72 Å². The number of rotatable bonds is 3. The maximum Gasteiger partial charge on any atom is 0.251 e. The highest BCUT2D eigenvalue weighted by Gasteiger charge is 2.03. The molecule has 0 saturated heterocycles. The number of hydrogen-bond donors (Lipinski definition) is 1. The molecule has 0 aliphatic heterocycles. The molecule has 0 amide bonds. The summed E-state index contributed by atoms with van der Waals surface area (Å²) in [5.41, 5.74) is 1.18. The van der Waals surface area contributed by atoms with E-state index in [1.165, 1.54) is 6.07 Å². The summed E-state index contributed by atoms with van der Waals surface area (Å²) >= 11 is 0. The van der Waals surface area contributed by atoms with Gasteiger partial charge >= 0.3 is 0 Å². The van der Waals surface area contributed by atoms with Crippen LogP contribution < -0.4 is 5.56 Å². The van der Waals surface area contributed by atoms with Gasteiger partial charge in [-0.1, -0.05) is 0 Å². The van der Waals surface area contributed by atoms with Crippen molar-refractivity contribution in [1.82, 2.24) is 15.0 Å². The molecule has 2 aromatic heterocycles. The van der Waals surface area contributed by atoms with Gasteiger partial charge in [-0.3, -0.25) is 9.78 Å². The van der Waals surface area contributed by atoms with E-state index in [1.807, 2.05) is 6.07 Å². The Morgan fingerprint density at radius 3 is 3.06 bits per heavy atom. The topological polar surface area (TPSA) is 67.9 Å². The number of methoxy groups -OCH3 is 1. The van der Waals surface area contributed by atoms with Crippen LogP contribution in [-0.4, -0.2) is 22.1 Å². The van der Waals surface area contributed by atoms with Gasteiger partial charge in [-0.05, 0) is 12.1 Å². The van der Waals surface area contributed by atoms with Crippen LogP contribution >= 0.6 is 0 Å². The number of ether oxygens (including phenoxy) is 1. The number of aromatic nitrogens is 3. The molecule has 0 fully saturated rings. The van der Waals surface area contributed by atoms with Gasteiger partial charge in [0.1, 0.15) is 5.82 Å². The standard InChI is InChI=1S/C11H11N3O2/c1-16-7-9-5-10(15)14-11(13-9)8-3-2-4-12-6-8/h2-6H,7H2,1H3,(H,13,14,15). The Labute approximate surface area is 92.2 Å². The predicted octanol–water partition coefficient (Wildman–Crippen LogP) is 0.978. The van der Waals surface area contributed by atoms with Crippen molar-refractivity contribution >= 4 is 0 Å². The average Bonchev–Trinajstić information content (AvgIpc) is 2.30. The zero-order chi connectivity index (χ0) is 11.4. The molecule has 0 aliphatic rings. The minimum Gasteiger partial charge on any atom is -0.378 e. The minimum atomic E-state index is -0.194. The van der Waals surface area contributed by atoms with Crippen LogP contribution in [0, 0.1) is 0 Å². The summed E-state index contributed by atoms with van der Waals surface area (Å²) < 4.78 is 4.94. The van der Waals surface area contributed by atoms with Crippen LogP contribution in [0.15, 0.2) is 35.4 Å².